The molecule has 5 rings (SSSR count). The Balaban J connectivity index is 1.42. The van der Waals surface area contributed by atoms with E-state index in [1.807, 2.05) is 48.7 Å². The van der Waals surface area contributed by atoms with Crippen molar-refractivity contribution in [2.24, 2.45) is 0 Å². The van der Waals surface area contributed by atoms with Gasteiger partial charge in [-0.2, -0.15) is 0 Å². The zero-order chi connectivity index (χ0) is 21.0. The van der Waals surface area contributed by atoms with Crippen LogP contribution in [0.25, 0.3) is 44.8 Å². The maximum atomic E-state index is 6.22. The summed E-state index contributed by atoms with van der Waals surface area (Å²) < 4.78 is 0. The molecule has 0 atom stereocenters. The van der Waals surface area contributed by atoms with Gasteiger partial charge in [-0.15, -0.1) is 0 Å². The fraction of sp³-hybridized carbons (Fsp3) is 0. The molecule has 0 spiro atoms. The summed E-state index contributed by atoms with van der Waals surface area (Å²) in [5.74, 6) is 0. The third-order valence-corrected chi connectivity index (χ3v) is 5.33. The fourth-order valence-corrected chi connectivity index (χ4v) is 3.73. The molecule has 5 aromatic rings. The van der Waals surface area contributed by atoms with Gasteiger partial charge in [0.05, 0.1) is 11.4 Å². The van der Waals surface area contributed by atoms with E-state index in [0.717, 1.165) is 44.8 Å². The molecule has 0 radical (unpaired) electrons. The van der Waals surface area contributed by atoms with Crippen molar-refractivity contribution >= 4 is 11.6 Å². The van der Waals surface area contributed by atoms with Crippen molar-refractivity contribution in [2.45, 2.75) is 0 Å². The summed E-state index contributed by atoms with van der Waals surface area (Å²) in [6.07, 6.45) is 3.66. The van der Waals surface area contributed by atoms with Crippen LogP contribution in [0.3, 0.4) is 0 Å². The van der Waals surface area contributed by atoms with E-state index in [1.54, 1.807) is 6.20 Å². The lowest BCUT2D eigenvalue weighted by Gasteiger charge is -2.08. The minimum Gasteiger partial charge on any atom is -0.264 e. The molecule has 0 bridgehead atoms. The van der Waals surface area contributed by atoms with Crippen molar-refractivity contribution in [3.05, 3.63) is 115 Å². The molecule has 4 heteroatoms. The van der Waals surface area contributed by atoms with Crippen LogP contribution in [0, 0.1) is 0 Å². The Bertz CT molecular complexity index is 1300. The van der Waals surface area contributed by atoms with Gasteiger partial charge in [-0.25, -0.2) is 9.97 Å². The highest BCUT2D eigenvalue weighted by atomic mass is 35.5. The lowest BCUT2D eigenvalue weighted by Crippen LogP contribution is -1.92. The minimum atomic E-state index is 0.242. The standard InChI is InChI=1S/C27H18ClN3/c28-27-30-25(22-5-2-1-3-6-22)17-26(31-27)23-14-12-20(13-15-23)19-8-10-21(11-9-19)24-7-4-16-29-18-24/h1-18H. The van der Waals surface area contributed by atoms with E-state index in [0.29, 0.717) is 0 Å². The number of hydrogen-bond donors (Lipinski definition) is 0. The number of pyridine rings is 1. The number of benzene rings is 3. The summed E-state index contributed by atoms with van der Waals surface area (Å²) in [4.78, 5) is 13.0. The second kappa shape index (κ2) is 8.50. The van der Waals surface area contributed by atoms with Gasteiger partial charge in [0.2, 0.25) is 5.28 Å². The average molecular weight is 420 g/mol. The lowest BCUT2D eigenvalue weighted by atomic mass is 9.99. The third-order valence-electron chi connectivity index (χ3n) is 5.16. The summed E-state index contributed by atoms with van der Waals surface area (Å²) in [6.45, 7) is 0. The second-order valence-corrected chi connectivity index (χ2v) is 7.51. The van der Waals surface area contributed by atoms with Crippen LogP contribution in [-0.4, -0.2) is 15.0 Å². The lowest BCUT2D eigenvalue weighted by molar-refractivity contribution is 1.18. The largest absolute Gasteiger partial charge is 0.264 e. The van der Waals surface area contributed by atoms with E-state index in [4.69, 9.17) is 11.6 Å². The van der Waals surface area contributed by atoms with E-state index in [-0.39, 0.29) is 5.28 Å². The maximum Gasteiger partial charge on any atom is 0.223 e. The van der Waals surface area contributed by atoms with Crippen LogP contribution in [0.2, 0.25) is 5.28 Å². The first-order valence-corrected chi connectivity index (χ1v) is 10.4. The summed E-state index contributed by atoms with van der Waals surface area (Å²) in [5, 5.41) is 0.242. The molecule has 0 unspecified atom stereocenters. The summed E-state index contributed by atoms with van der Waals surface area (Å²) in [5.41, 5.74) is 8.19. The molecule has 148 valence electrons. The molecule has 3 nitrogen and oxygen atoms in total. The molecule has 0 aliphatic heterocycles. The SMILES string of the molecule is Clc1nc(-c2ccccc2)cc(-c2ccc(-c3ccc(-c4cccnc4)cc3)cc2)n1. The third kappa shape index (κ3) is 4.23. The highest BCUT2D eigenvalue weighted by Crippen LogP contribution is 2.29. The van der Waals surface area contributed by atoms with Crippen molar-refractivity contribution in [3.8, 4) is 44.8 Å². The van der Waals surface area contributed by atoms with Crippen LogP contribution in [0.15, 0.2) is 109 Å². The molecule has 0 fully saturated rings. The molecular formula is C27H18ClN3. The van der Waals surface area contributed by atoms with E-state index in [1.165, 1.54) is 0 Å². The number of nitrogens with zero attached hydrogens (tertiary/aromatic N) is 3. The zero-order valence-electron chi connectivity index (χ0n) is 16.6. The topological polar surface area (TPSA) is 38.7 Å². The molecule has 2 aromatic heterocycles. The molecule has 0 saturated carbocycles. The molecule has 0 aliphatic carbocycles. The monoisotopic (exact) mass is 419 g/mol. The quantitative estimate of drug-likeness (QED) is 0.289. The van der Waals surface area contributed by atoms with E-state index < -0.39 is 0 Å². The number of rotatable bonds is 4. The first-order valence-electron chi connectivity index (χ1n) is 9.97. The van der Waals surface area contributed by atoms with Gasteiger partial charge in [0.25, 0.3) is 0 Å². The van der Waals surface area contributed by atoms with E-state index in [2.05, 4.69) is 69.5 Å². The van der Waals surface area contributed by atoms with Crippen LogP contribution < -0.4 is 0 Å². The Kier molecular flexibility index (Phi) is 5.26. The molecule has 0 aliphatic rings. The predicted octanol–water partition coefficient (Wildman–Crippen LogP) is 7.19. The molecule has 31 heavy (non-hydrogen) atoms. The Labute approximate surface area is 186 Å². The normalized spacial score (nSPS) is 10.7. The van der Waals surface area contributed by atoms with Crippen molar-refractivity contribution in [1.29, 1.82) is 0 Å². The molecule has 0 saturated heterocycles. The van der Waals surface area contributed by atoms with Gasteiger partial charge in [0.15, 0.2) is 0 Å². The van der Waals surface area contributed by atoms with Crippen molar-refractivity contribution < 1.29 is 0 Å². The first-order chi connectivity index (χ1) is 15.3. The number of aromatic nitrogens is 3. The van der Waals surface area contributed by atoms with Crippen LogP contribution in [0.4, 0.5) is 0 Å². The smallest absolute Gasteiger partial charge is 0.223 e. The van der Waals surface area contributed by atoms with Gasteiger partial charge in [-0.3, -0.25) is 4.98 Å². The molecule has 0 N–H and O–H groups in total. The van der Waals surface area contributed by atoms with E-state index >= 15 is 0 Å². The maximum absolute atomic E-state index is 6.22. The zero-order valence-corrected chi connectivity index (χ0v) is 17.4. The van der Waals surface area contributed by atoms with Crippen LogP contribution in [0.1, 0.15) is 0 Å². The summed E-state index contributed by atoms with van der Waals surface area (Å²) >= 11 is 6.22. The number of hydrogen-bond acceptors (Lipinski definition) is 3. The second-order valence-electron chi connectivity index (χ2n) is 7.17. The van der Waals surface area contributed by atoms with Gasteiger partial charge < -0.3 is 0 Å². The van der Waals surface area contributed by atoms with Crippen molar-refractivity contribution in [2.75, 3.05) is 0 Å². The predicted molar refractivity (Wildman–Crippen MR) is 127 cm³/mol. The average Bonchev–Trinajstić information content (AvgIpc) is 2.85. The molecular weight excluding hydrogens is 402 g/mol. The highest BCUT2D eigenvalue weighted by molar-refractivity contribution is 6.28. The van der Waals surface area contributed by atoms with Gasteiger partial charge in [0.1, 0.15) is 0 Å². The minimum absolute atomic E-state index is 0.242. The summed E-state index contributed by atoms with van der Waals surface area (Å²) in [7, 11) is 0. The Morgan fingerprint density at radius 3 is 1.52 bits per heavy atom. The highest BCUT2D eigenvalue weighted by Gasteiger charge is 2.08. The van der Waals surface area contributed by atoms with E-state index in [9.17, 15) is 0 Å². The number of halogens is 1. The van der Waals surface area contributed by atoms with Gasteiger partial charge in [0, 0.05) is 23.5 Å². The van der Waals surface area contributed by atoms with Crippen LogP contribution in [-0.2, 0) is 0 Å². The van der Waals surface area contributed by atoms with Gasteiger partial charge in [-0.05, 0) is 46.0 Å². The van der Waals surface area contributed by atoms with Crippen LogP contribution in [0.5, 0.6) is 0 Å². The van der Waals surface area contributed by atoms with Gasteiger partial charge in [-0.1, -0.05) is 84.9 Å². The fourth-order valence-electron chi connectivity index (χ4n) is 3.54. The van der Waals surface area contributed by atoms with Crippen molar-refractivity contribution in [1.82, 2.24) is 15.0 Å². The molecule has 0 amide bonds. The van der Waals surface area contributed by atoms with Gasteiger partial charge >= 0.3 is 0 Å². The summed E-state index contributed by atoms with van der Waals surface area (Å²) in [6, 6.07) is 32.8. The first kappa shape index (κ1) is 19.2. The Hall–Kier alpha value is -3.82. The molecule has 3 aromatic carbocycles. The van der Waals surface area contributed by atoms with Crippen molar-refractivity contribution in [3.63, 3.8) is 0 Å². The molecule has 2 heterocycles. The Morgan fingerprint density at radius 1 is 0.484 bits per heavy atom. The van der Waals surface area contributed by atoms with Crippen LogP contribution >= 0.6 is 11.6 Å². The Morgan fingerprint density at radius 2 is 0.968 bits per heavy atom.